The maximum Gasteiger partial charge on any atom is 0.246 e. The van der Waals surface area contributed by atoms with Gasteiger partial charge >= 0.3 is 0 Å². The van der Waals surface area contributed by atoms with Crippen LogP contribution in [-0.2, 0) is 11.2 Å². The van der Waals surface area contributed by atoms with E-state index in [1.165, 1.54) is 11.1 Å². The van der Waals surface area contributed by atoms with Gasteiger partial charge in [0.25, 0.3) is 0 Å². The standard InChI is InChI=1S/C19H22N2O/c1-14(2)16-8-4-5-9-17(16)20-13-19(22)21-12-11-15-7-3-6-10-18(15)21/h3-10,14,20H,11-13H2,1-2H3. The molecule has 0 atom stereocenters. The molecule has 0 unspecified atom stereocenters. The topological polar surface area (TPSA) is 32.3 Å². The van der Waals surface area contributed by atoms with Crippen LogP contribution in [0.2, 0.25) is 0 Å². The van der Waals surface area contributed by atoms with Gasteiger partial charge in [0.15, 0.2) is 0 Å². The van der Waals surface area contributed by atoms with Gasteiger partial charge in [-0.2, -0.15) is 0 Å². The van der Waals surface area contributed by atoms with Gasteiger partial charge in [-0.05, 0) is 35.6 Å². The molecule has 0 aliphatic carbocycles. The van der Waals surface area contributed by atoms with Crippen molar-refractivity contribution in [3.8, 4) is 0 Å². The Hall–Kier alpha value is -2.29. The van der Waals surface area contributed by atoms with Crippen molar-refractivity contribution in [2.45, 2.75) is 26.2 Å². The first-order chi connectivity index (χ1) is 10.7. The number of hydrogen-bond acceptors (Lipinski definition) is 2. The van der Waals surface area contributed by atoms with Gasteiger partial charge < -0.3 is 10.2 Å². The van der Waals surface area contributed by atoms with E-state index in [9.17, 15) is 4.79 Å². The van der Waals surface area contributed by atoms with Crippen molar-refractivity contribution in [2.75, 3.05) is 23.3 Å². The van der Waals surface area contributed by atoms with Crippen molar-refractivity contribution in [1.82, 2.24) is 0 Å². The minimum Gasteiger partial charge on any atom is -0.376 e. The average Bonchev–Trinajstić information content (AvgIpc) is 2.97. The summed E-state index contributed by atoms with van der Waals surface area (Å²) in [6.07, 6.45) is 0.949. The van der Waals surface area contributed by atoms with E-state index in [-0.39, 0.29) is 5.91 Å². The van der Waals surface area contributed by atoms with Crippen LogP contribution in [0.25, 0.3) is 0 Å². The Kier molecular flexibility index (Phi) is 4.14. The molecule has 3 rings (SSSR count). The van der Waals surface area contributed by atoms with Crippen LogP contribution in [0.5, 0.6) is 0 Å². The number of hydrogen-bond donors (Lipinski definition) is 1. The van der Waals surface area contributed by atoms with Gasteiger partial charge in [0, 0.05) is 17.9 Å². The molecule has 3 heteroatoms. The molecular formula is C19H22N2O. The Morgan fingerprint density at radius 3 is 2.68 bits per heavy atom. The molecule has 1 aliphatic rings. The third-order valence-corrected chi connectivity index (χ3v) is 4.20. The third kappa shape index (κ3) is 2.84. The number of carbonyl (C=O) groups excluding carboxylic acids is 1. The highest BCUT2D eigenvalue weighted by molar-refractivity contribution is 5.98. The minimum absolute atomic E-state index is 0.128. The van der Waals surface area contributed by atoms with E-state index in [0.717, 1.165) is 24.3 Å². The Labute approximate surface area is 132 Å². The van der Waals surface area contributed by atoms with Gasteiger partial charge in [-0.3, -0.25) is 4.79 Å². The van der Waals surface area contributed by atoms with Crippen molar-refractivity contribution in [1.29, 1.82) is 0 Å². The normalized spacial score (nSPS) is 13.3. The van der Waals surface area contributed by atoms with E-state index in [1.807, 2.05) is 41.3 Å². The molecule has 0 saturated carbocycles. The molecule has 1 amide bonds. The number of benzene rings is 2. The van der Waals surface area contributed by atoms with Crippen LogP contribution in [0, 0.1) is 0 Å². The van der Waals surface area contributed by atoms with E-state index in [4.69, 9.17) is 0 Å². The summed E-state index contributed by atoms with van der Waals surface area (Å²) in [4.78, 5) is 14.4. The highest BCUT2D eigenvalue weighted by atomic mass is 16.2. The first-order valence-corrected chi connectivity index (χ1v) is 7.88. The lowest BCUT2D eigenvalue weighted by Gasteiger charge is -2.19. The Morgan fingerprint density at radius 1 is 1.14 bits per heavy atom. The fourth-order valence-electron chi connectivity index (χ4n) is 3.03. The quantitative estimate of drug-likeness (QED) is 0.930. The predicted octanol–water partition coefficient (Wildman–Crippen LogP) is 3.81. The average molecular weight is 294 g/mol. The first kappa shape index (κ1) is 14.6. The summed E-state index contributed by atoms with van der Waals surface area (Å²) in [6, 6.07) is 16.4. The van der Waals surface area contributed by atoms with E-state index < -0.39 is 0 Å². The van der Waals surface area contributed by atoms with Gasteiger partial charge in [-0.15, -0.1) is 0 Å². The fraction of sp³-hybridized carbons (Fsp3) is 0.316. The number of carbonyl (C=O) groups is 1. The second kappa shape index (κ2) is 6.22. The molecule has 0 bridgehead atoms. The summed E-state index contributed by atoms with van der Waals surface area (Å²) >= 11 is 0. The molecular weight excluding hydrogens is 272 g/mol. The minimum atomic E-state index is 0.128. The molecule has 22 heavy (non-hydrogen) atoms. The number of amides is 1. The molecule has 1 heterocycles. The molecule has 3 nitrogen and oxygen atoms in total. The lowest BCUT2D eigenvalue weighted by Crippen LogP contribution is -2.34. The van der Waals surface area contributed by atoms with Crippen molar-refractivity contribution in [3.05, 3.63) is 59.7 Å². The van der Waals surface area contributed by atoms with Crippen molar-refractivity contribution in [3.63, 3.8) is 0 Å². The molecule has 2 aromatic carbocycles. The van der Waals surface area contributed by atoms with E-state index in [1.54, 1.807) is 0 Å². The SMILES string of the molecule is CC(C)c1ccccc1NCC(=O)N1CCc2ccccc21. The van der Waals surface area contributed by atoms with Crippen LogP contribution < -0.4 is 10.2 Å². The zero-order chi connectivity index (χ0) is 15.5. The zero-order valence-electron chi connectivity index (χ0n) is 13.2. The molecule has 0 radical (unpaired) electrons. The van der Waals surface area contributed by atoms with Gasteiger partial charge in [0.05, 0.1) is 6.54 Å². The van der Waals surface area contributed by atoms with Gasteiger partial charge in [0.1, 0.15) is 0 Å². The first-order valence-electron chi connectivity index (χ1n) is 7.88. The number of rotatable bonds is 4. The second-order valence-corrected chi connectivity index (χ2v) is 6.02. The number of fused-ring (bicyclic) bond motifs is 1. The molecule has 1 N–H and O–H groups in total. The summed E-state index contributed by atoms with van der Waals surface area (Å²) in [7, 11) is 0. The van der Waals surface area contributed by atoms with Gasteiger partial charge in [-0.1, -0.05) is 50.2 Å². The van der Waals surface area contributed by atoms with Crippen LogP contribution in [0.4, 0.5) is 11.4 Å². The molecule has 114 valence electrons. The predicted molar refractivity (Wildman–Crippen MR) is 91.5 cm³/mol. The Morgan fingerprint density at radius 2 is 1.86 bits per heavy atom. The van der Waals surface area contributed by atoms with Crippen molar-refractivity contribution in [2.24, 2.45) is 0 Å². The Bertz CT molecular complexity index is 679. The molecule has 0 saturated heterocycles. The van der Waals surface area contributed by atoms with Crippen LogP contribution >= 0.6 is 0 Å². The van der Waals surface area contributed by atoms with E-state index in [0.29, 0.717) is 12.5 Å². The second-order valence-electron chi connectivity index (χ2n) is 6.02. The Balaban J connectivity index is 1.69. The summed E-state index contributed by atoms with van der Waals surface area (Å²) in [5.74, 6) is 0.565. The van der Waals surface area contributed by atoms with E-state index >= 15 is 0 Å². The lowest BCUT2D eigenvalue weighted by molar-refractivity contribution is -0.116. The number of nitrogens with one attached hydrogen (secondary N) is 1. The number of anilines is 2. The summed E-state index contributed by atoms with van der Waals surface area (Å²) in [5, 5.41) is 3.31. The maximum atomic E-state index is 12.5. The largest absolute Gasteiger partial charge is 0.376 e. The molecule has 0 fully saturated rings. The van der Waals surface area contributed by atoms with Gasteiger partial charge in [-0.25, -0.2) is 0 Å². The summed E-state index contributed by atoms with van der Waals surface area (Å²) < 4.78 is 0. The summed E-state index contributed by atoms with van der Waals surface area (Å²) in [6.45, 7) is 5.45. The zero-order valence-corrected chi connectivity index (χ0v) is 13.2. The van der Waals surface area contributed by atoms with Gasteiger partial charge in [0.2, 0.25) is 5.91 Å². The third-order valence-electron chi connectivity index (χ3n) is 4.20. The fourth-order valence-corrected chi connectivity index (χ4v) is 3.03. The van der Waals surface area contributed by atoms with Crippen molar-refractivity contribution < 1.29 is 4.79 Å². The highest BCUT2D eigenvalue weighted by Crippen LogP contribution is 2.28. The van der Waals surface area contributed by atoms with Crippen LogP contribution in [0.3, 0.4) is 0 Å². The van der Waals surface area contributed by atoms with Crippen LogP contribution in [0.15, 0.2) is 48.5 Å². The molecule has 0 spiro atoms. The van der Waals surface area contributed by atoms with Crippen molar-refractivity contribution >= 4 is 17.3 Å². The number of nitrogens with zero attached hydrogens (tertiary/aromatic N) is 1. The molecule has 1 aliphatic heterocycles. The lowest BCUT2D eigenvalue weighted by atomic mass is 10.0. The van der Waals surface area contributed by atoms with Crippen LogP contribution in [-0.4, -0.2) is 19.0 Å². The monoisotopic (exact) mass is 294 g/mol. The molecule has 2 aromatic rings. The summed E-state index contributed by atoms with van der Waals surface area (Å²) in [5.41, 5.74) is 4.63. The van der Waals surface area contributed by atoms with E-state index in [2.05, 4.69) is 31.3 Å². The maximum absolute atomic E-state index is 12.5. The molecule has 0 aromatic heterocycles. The van der Waals surface area contributed by atoms with Crippen LogP contribution in [0.1, 0.15) is 30.9 Å². The highest BCUT2D eigenvalue weighted by Gasteiger charge is 2.23. The smallest absolute Gasteiger partial charge is 0.246 e. The number of para-hydroxylation sites is 2.